The molecule has 0 atom stereocenters. The Kier molecular flexibility index (Phi) is 6.88. The topological polar surface area (TPSA) is 128 Å². The molecular formula is C29H30N8O3S. The molecule has 2 aromatic carbocycles. The second kappa shape index (κ2) is 10.5. The number of amides is 1. The molecule has 1 amide bonds. The third-order valence-electron chi connectivity index (χ3n) is 7.27. The van der Waals surface area contributed by atoms with E-state index in [2.05, 4.69) is 31.5 Å². The first-order chi connectivity index (χ1) is 19.7. The number of piperidine rings is 1. The Morgan fingerprint density at radius 2 is 1.66 bits per heavy atom. The van der Waals surface area contributed by atoms with Crippen LogP contribution in [0.4, 0.5) is 5.82 Å². The predicted molar refractivity (Wildman–Crippen MR) is 155 cm³/mol. The number of carbonyl (C=O) groups is 1. The van der Waals surface area contributed by atoms with E-state index < -0.39 is 15.9 Å². The maximum atomic E-state index is 13.2. The minimum atomic E-state index is -3.58. The number of nitrogens with one attached hydrogen (secondary N) is 1. The van der Waals surface area contributed by atoms with Crippen molar-refractivity contribution in [2.75, 3.05) is 18.4 Å². The van der Waals surface area contributed by atoms with Crippen LogP contribution in [0.25, 0.3) is 22.5 Å². The molecule has 1 aliphatic rings. The number of carbonyl (C=O) groups excluding carboxylic acids is 1. The van der Waals surface area contributed by atoms with Gasteiger partial charge in [-0.2, -0.15) is 19.2 Å². The summed E-state index contributed by atoms with van der Waals surface area (Å²) in [7, 11) is -3.58. The second-order valence-electron chi connectivity index (χ2n) is 10.3. The molecule has 0 unspecified atom stereocenters. The van der Waals surface area contributed by atoms with Gasteiger partial charge in [0.15, 0.2) is 11.5 Å². The fraction of sp³-hybridized carbons (Fsp3) is 0.276. The summed E-state index contributed by atoms with van der Waals surface area (Å²) in [4.78, 5) is 22.4. The lowest BCUT2D eigenvalue weighted by Crippen LogP contribution is -2.35. The van der Waals surface area contributed by atoms with Gasteiger partial charge in [0.1, 0.15) is 12.1 Å². The molecule has 3 aromatic heterocycles. The molecule has 1 N–H and O–H groups in total. The van der Waals surface area contributed by atoms with Crippen molar-refractivity contribution < 1.29 is 13.2 Å². The van der Waals surface area contributed by atoms with Crippen LogP contribution in [-0.4, -0.2) is 61.2 Å². The van der Waals surface area contributed by atoms with Crippen molar-refractivity contribution in [2.24, 2.45) is 0 Å². The normalized spacial score (nSPS) is 14.4. The summed E-state index contributed by atoms with van der Waals surface area (Å²) < 4.78 is 30.8. The minimum absolute atomic E-state index is 0.182. The second-order valence-corrected chi connectivity index (χ2v) is 12.2. The van der Waals surface area contributed by atoms with Crippen LogP contribution in [0.15, 0.2) is 66.0 Å². The number of sulfonamides is 1. The van der Waals surface area contributed by atoms with Crippen molar-refractivity contribution in [3.8, 4) is 11.5 Å². The Hall–Kier alpha value is -4.42. The molecule has 210 valence electrons. The predicted octanol–water partition coefficient (Wildman–Crippen LogP) is 4.35. The third kappa shape index (κ3) is 5.00. The van der Waals surface area contributed by atoms with Gasteiger partial charge in [0.05, 0.1) is 27.9 Å². The lowest BCUT2D eigenvalue weighted by molar-refractivity contribution is 0.102. The molecule has 1 fully saturated rings. The van der Waals surface area contributed by atoms with Crippen LogP contribution in [0.2, 0.25) is 0 Å². The average molecular weight is 571 g/mol. The summed E-state index contributed by atoms with van der Waals surface area (Å²) in [6, 6.07) is 13.9. The molecule has 12 heteroatoms. The smallest absolute Gasteiger partial charge is 0.256 e. The Balaban J connectivity index is 1.29. The van der Waals surface area contributed by atoms with Crippen LogP contribution in [-0.2, 0) is 10.0 Å². The van der Waals surface area contributed by atoms with Gasteiger partial charge in [-0.3, -0.25) is 4.79 Å². The number of anilines is 1. The number of aromatic nitrogens is 6. The van der Waals surface area contributed by atoms with E-state index in [-0.39, 0.29) is 4.90 Å². The van der Waals surface area contributed by atoms with Crippen molar-refractivity contribution >= 4 is 32.8 Å². The van der Waals surface area contributed by atoms with Crippen LogP contribution in [0, 0.1) is 20.8 Å². The monoisotopic (exact) mass is 570 g/mol. The molecule has 0 saturated carbocycles. The van der Waals surface area contributed by atoms with E-state index >= 15 is 0 Å². The molecule has 0 radical (unpaired) electrons. The number of hydrogen-bond donors (Lipinski definition) is 1. The van der Waals surface area contributed by atoms with Crippen LogP contribution in [0.1, 0.15) is 46.4 Å². The Bertz CT molecular complexity index is 1870. The molecule has 0 spiro atoms. The number of benzene rings is 2. The van der Waals surface area contributed by atoms with Gasteiger partial charge in [-0.05, 0) is 69.5 Å². The van der Waals surface area contributed by atoms with Crippen LogP contribution in [0.5, 0.6) is 0 Å². The molecule has 41 heavy (non-hydrogen) atoms. The first kappa shape index (κ1) is 26.8. The first-order valence-electron chi connectivity index (χ1n) is 13.5. The van der Waals surface area contributed by atoms with Crippen LogP contribution >= 0.6 is 0 Å². The van der Waals surface area contributed by atoms with E-state index in [4.69, 9.17) is 0 Å². The van der Waals surface area contributed by atoms with Gasteiger partial charge >= 0.3 is 0 Å². The third-order valence-corrected chi connectivity index (χ3v) is 9.18. The highest BCUT2D eigenvalue weighted by Gasteiger charge is 2.26. The van der Waals surface area contributed by atoms with E-state index in [1.54, 1.807) is 21.6 Å². The Labute approximate surface area is 237 Å². The van der Waals surface area contributed by atoms with Gasteiger partial charge in [-0.1, -0.05) is 24.1 Å². The minimum Gasteiger partial charge on any atom is -0.306 e. The molecule has 1 aliphatic heterocycles. The lowest BCUT2D eigenvalue weighted by Gasteiger charge is -2.25. The number of aryl methyl sites for hydroxylation is 3. The summed E-state index contributed by atoms with van der Waals surface area (Å²) in [6.45, 7) is 6.93. The van der Waals surface area contributed by atoms with Gasteiger partial charge in [0, 0.05) is 24.7 Å². The fourth-order valence-electron chi connectivity index (χ4n) is 5.19. The van der Waals surface area contributed by atoms with Crippen molar-refractivity contribution in [3.05, 3.63) is 83.4 Å². The summed E-state index contributed by atoms with van der Waals surface area (Å²) in [5.74, 6) is 0.485. The SMILES string of the molecule is Cc1ccc(-n2ncc3c(-n4nc(C)cc4NC(=O)c4ccc(S(=O)(=O)N5CCCCC5)cc4)ncnc32)c(C)c1. The van der Waals surface area contributed by atoms with E-state index in [0.29, 0.717) is 47.0 Å². The van der Waals surface area contributed by atoms with E-state index in [9.17, 15) is 13.2 Å². The summed E-state index contributed by atoms with van der Waals surface area (Å²) in [5.41, 5.74) is 4.74. The zero-order valence-corrected chi connectivity index (χ0v) is 23.9. The molecule has 4 heterocycles. The number of hydrogen-bond acceptors (Lipinski definition) is 7. The number of fused-ring (bicyclic) bond motifs is 1. The van der Waals surface area contributed by atoms with Crippen LogP contribution < -0.4 is 5.32 Å². The first-order valence-corrected chi connectivity index (χ1v) is 14.9. The molecule has 11 nitrogen and oxygen atoms in total. The van der Waals surface area contributed by atoms with Crippen molar-refractivity contribution in [3.63, 3.8) is 0 Å². The van der Waals surface area contributed by atoms with Gasteiger partial charge in [-0.15, -0.1) is 0 Å². The Morgan fingerprint density at radius 3 is 2.39 bits per heavy atom. The van der Waals surface area contributed by atoms with E-state index in [1.807, 2.05) is 32.9 Å². The highest BCUT2D eigenvalue weighted by Crippen LogP contribution is 2.26. The molecule has 0 bridgehead atoms. The quantitative estimate of drug-likeness (QED) is 0.321. The lowest BCUT2D eigenvalue weighted by atomic mass is 10.1. The van der Waals surface area contributed by atoms with Gasteiger partial charge < -0.3 is 5.32 Å². The molecule has 0 aliphatic carbocycles. The fourth-order valence-corrected chi connectivity index (χ4v) is 6.71. The number of rotatable bonds is 6. The zero-order valence-electron chi connectivity index (χ0n) is 23.1. The van der Waals surface area contributed by atoms with Crippen molar-refractivity contribution in [1.82, 2.24) is 33.8 Å². The van der Waals surface area contributed by atoms with Crippen molar-refractivity contribution in [2.45, 2.75) is 44.9 Å². The van der Waals surface area contributed by atoms with Gasteiger partial charge in [0.2, 0.25) is 10.0 Å². The zero-order chi connectivity index (χ0) is 28.7. The highest BCUT2D eigenvalue weighted by molar-refractivity contribution is 7.89. The highest BCUT2D eigenvalue weighted by atomic mass is 32.2. The van der Waals surface area contributed by atoms with Crippen LogP contribution in [0.3, 0.4) is 0 Å². The van der Waals surface area contributed by atoms with E-state index in [1.165, 1.54) is 34.9 Å². The molecule has 5 aromatic rings. The maximum absolute atomic E-state index is 13.2. The largest absolute Gasteiger partial charge is 0.306 e. The standard InChI is InChI=1S/C29H30N8O3S/c1-19-7-12-25(20(2)15-19)36-27-24(17-32-36)28(31-18-30-27)37-26(16-21(3)34-37)33-29(38)22-8-10-23(11-9-22)41(39,40)35-13-5-4-6-14-35/h7-12,15-18H,4-6,13-14H2,1-3H3,(H,33,38). The number of nitrogens with zero attached hydrogens (tertiary/aromatic N) is 7. The van der Waals surface area contributed by atoms with Gasteiger partial charge in [0.25, 0.3) is 5.91 Å². The summed E-state index contributed by atoms with van der Waals surface area (Å²) in [5, 5.41) is 12.7. The summed E-state index contributed by atoms with van der Waals surface area (Å²) >= 11 is 0. The molecule has 1 saturated heterocycles. The molecule has 6 rings (SSSR count). The summed E-state index contributed by atoms with van der Waals surface area (Å²) in [6.07, 6.45) is 5.89. The maximum Gasteiger partial charge on any atom is 0.256 e. The average Bonchev–Trinajstić information content (AvgIpc) is 3.56. The Morgan fingerprint density at radius 1 is 0.902 bits per heavy atom. The van der Waals surface area contributed by atoms with Gasteiger partial charge in [-0.25, -0.2) is 23.1 Å². The van der Waals surface area contributed by atoms with E-state index in [0.717, 1.165) is 36.1 Å². The van der Waals surface area contributed by atoms with Crippen molar-refractivity contribution in [1.29, 1.82) is 0 Å². The molecular weight excluding hydrogens is 540 g/mol.